The average Bonchev–Trinajstić information content (AvgIpc) is 2.49. The number of halogens is 1. The second-order valence-electron chi connectivity index (χ2n) is 3.82. The Hall–Kier alpha value is 0.01000. The molecule has 2 atom stereocenters. The molecule has 1 nitrogen and oxygen atoms in total. The lowest BCUT2D eigenvalue weighted by Gasteiger charge is -2.28. The van der Waals surface area contributed by atoms with Crippen molar-refractivity contribution in [2.45, 2.75) is 12.5 Å². The van der Waals surface area contributed by atoms with Gasteiger partial charge in [0.1, 0.15) is 5.60 Å². The van der Waals surface area contributed by atoms with Gasteiger partial charge in [-0.1, -0.05) is 41.1 Å². The van der Waals surface area contributed by atoms with Crippen molar-refractivity contribution in [3.05, 3.63) is 34.3 Å². The highest BCUT2D eigenvalue weighted by Gasteiger charge is 2.41. The molecule has 0 amide bonds. The summed E-state index contributed by atoms with van der Waals surface area (Å²) in [6.07, 6.45) is 0. The van der Waals surface area contributed by atoms with Crippen molar-refractivity contribution in [1.29, 1.82) is 0 Å². The highest BCUT2D eigenvalue weighted by atomic mass is 79.9. The molecule has 14 heavy (non-hydrogen) atoms. The van der Waals surface area contributed by atoms with E-state index in [2.05, 4.69) is 22.9 Å². The number of thioether (sulfide) groups is 1. The molecule has 1 fully saturated rings. The van der Waals surface area contributed by atoms with Gasteiger partial charge in [0, 0.05) is 10.2 Å². The minimum atomic E-state index is -0.648. The molecule has 1 aliphatic heterocycles. The monoisotopic (exact) mass is 272 g/mol. The predicted molar refractivity (Wildman–Crippen MR) is 64.5 cm³/mol. The fourth-order valence-corrected chi connectivity index (χ4v) is 3.95. The first-order valence-electron chi connectivity index (χ1n) is 4.70. The van der Waals surface area contributed by atoms with Crippen LogP contribution in [0.15, 0.2) is 28.7 Å². The molecule has 76 valence electrons. The van der Waals surface area contributed by atoms with Crippen LogP contribution >= 0.6 is 27.7 Å². The van der Waals surface area contributed by atoms with E-state index >= 15 is 0 Å². The minimum Gasteiger partial charge on any atom is -0.384 e. The first kappa shape index (κ1) is 10.5. The molecule has 1 heterocycles. The van der Waals surface area contributed by atoms with Crippen molar-refractivity contribution < 1.29 is 5.11 Å². The van der Waals surface area contributed by atoms with E-state index in [-0.39, 0.29) is 0 Å². The van der Waals surface area contributed by atoms with Crippen LogP contribution in [0.4, 0.5) is 0 Å². The van der Waals surface area contributed by atoms with Gasteiger partial charge in [0.15, 0.2) is 0 Å². The topological polar surface area (TPSA) is 20.2 Å². The molecule has 0 aliphatic carbocycles. The molecular weight excluding hydrogens is 260 g/mol. The summed E-state index contributed by atoms with van der Waals surface area (Å²) < 4.78 is 1.01. The SMILES string of the molecule is C[C@H]1CSC[C@]1(O)c1ccccc1Br. The Kier molecular flexibility index (Phi) is 2.91. The molecule has 1 saturated heterocycles. The summed E-state index contributed by atoms with van der Waals surface area (Å²) >= 11 is 5.32. The second kappa shape index (κ2) is 3.87. The van der Waals surface area contributed by atoms with Gasteiger partial charge in [0.25, 0.3) is 0 Å². The van der Waals surface area contributed by atoms with E-state index in [0.29, 0.717) is 5.92 Å². The maximum absolute atomic E-state index is 10.6. The molecule has 2 rings (SSSR count). The fourth-order valence-electron chi connectivity index (χ4n) is 1.83. The molecule has 1 aromatic rings. The first-order chi connectivity index (χ1) is 6.64. The van der Waals surface area contributed by atoms with Crippen LogP contribution in [0.2, 0.25) is 0 Å². The summed E-state index contributed by atoms with van der Waals surface area (Å²) in [5, 5.41) is 10.6. The highest BCUT2D eigenvalue weighted by Crippen LogP contribution is 2.43. The largest absolute Gasteiger partial charge is 0.384 e. The average molecular weight is 273 g/mol. The molecule has 0 bridgehead atoms. The number of aliphatic hydroxyl groups is 1. The molecule has 1 aromatic carbocycles. The van der Waals surface area contributed by atoms with E-state index in [4.69, 9.17) is 0 Å². The normalized spacial score (nSPS) is 32.1. The lowest BCUT2D eigenvalue weighted by Crippen LogP contribution is -2.32. The number of benzene rings is 1. The molecule has 0 aromatic heterocycles. The molecule has 0 radical (unpaired) electrons. The predicted octanol–water partition coefficient (Wildman–Crippen LogP) is 3.02. The maximum Gasteiger partial charge on any atom is 0.103 e. The van der Waals surface area contributed by atoms with Crippen LogP contribution in [-0.4, -0.2) is 16.6 Å². The summed E-state index contributed by atoms with van der Waals surface area (Å²) in [6.45, 7) is 2.11. The van der Waals surface area contributed by atoms with E-state index in [1.807, 2.05) is 36.0 Å². The Morgan fingerprint density at radius 1 is 1.50 bits per heavy atom. The third kappa shape index (κ3) is 1.62. The second-order valence-corrected chi connectivity index (χ2v) is 5.70. The Morgan fingerprint density at radius 2 is 2.21 bits per heavy atom. The summed E-state index contributed by atoms with van der Waals surface area (Å²) in [5.41, 5.74) is 0.377. The van der Waals surface area contributed by atoms with Crippen molar-refractivity contribution >= 4 is 27.7 Å². The first-order valence-corrected chi connectivity index (χ1v) is 6.64. The zero-order valence-electron chi connectivity index (χ0n) is 8.03. The lowest BCUT2D eigenvalue weighted by molar-refractivity contribution is 0.0227. The van der Waals surface area contributed by atoms with Crippen molar-refractivity contribution in [2.75, 3.05) is 11.5 Å². The van der Waals surface area contributed by atoms with Crippen molar-refractivity contribution in [3.63, 3.8) is 0 Å². The third-order valence-corrected chi connectivity index (χ3v) is 4.92. The molecule has 1 aliphatic rings. The van der Waals surface area contributed by atoms with Crippen molar-refractivity contribution in [1.82, 2.24) is 0 Å². The van der Waals surface area contributed by atoms with E-state index < -0.39 is 5.60 Å². The summed E-state index contributed by atoms with van der Waals surface area (Å²) in [6, 6.07) is 7.95. The molecular formula is C11H13BrOS. The van der Waals surface area contributed by atoms with Gasteiger partial charge in [-0.3, -0.25) is 0 Å². The zero-order valence-corrected chi connectivity index (χ0v) is 10.4. The van der Waals surface area contributed by atoms with E-state index in [9.17, 15) is 5.11 Å². The van der Waals surface area contributed by atoms with Gasteiger partial charge in [-0.2, -0.15) is 11.8 Å². The van der Waals surface area contributed by atoms with Gasteiger partial charge in [-0.15, -0.1) is 0 Å². The molecule has 0 saturated carbocycles. The lowest BCUT2D eigenvalue weighted by atomic mass is 9.85. The summed E-state index contributed by atoms with van der Waals surface area (Å²) in [7, 11) is 0. The standard InChI is InChI=1S/C11H13BrOS/c1-8-6-14-7-11(8,13)9-4-2-3-5-10(9)12/h2-5,8,13H,6-7H2,1H3/t8-,11+/m0/s1. The van der Waals surface area contributed by atoms with Crippen LogP contribution in [0.5, 0.6) is 0 Å². The van der Waals surface area contributed by atoms with Gasteiger partial charge in [0.2, 0.25) is 0 Å². The van der Waals surface area contributed by atoms with Crippen LogP contribution < -0.4 is 0 Å². The van der Waals surface area contributed by atoms with Crippen LogP contribution in [0.3, 0.4) is 0 Å². The number of rotatable bonds is 1. The van der Waals surface area contributed by atoms with E-state index in [0.717, 1.165) is 21.5 Å². The van der Waals surface area contributed by atoms with Crippen LogP contribution in [-0.2, 0) is 5.60 Å². The van der Waals surface area contributed by atoms with Gasteiger partial charge in [-0.25, -0.2) is 0 Å². The van der Waals surface area contributed by atoms with Crippen LogP contribution in [0.25, 0.3) is 0 Å². The van der Waals surface area contributed by atoms with Gasteiger partial charge < -0.3 is 5.11 Å². The van der Waals surface area contributed by atoms with E-state index in [1.54, 1.807) is 0 Å². The Labute approximate surface area is 97.0 Å². The zero-order chi connectivity index (χ0) is 10.2. The Morgan fingerprint density at radius 3 is 2.79 bits per heavy atom. The summed E-state index contributed by atoms with van der Waals surface area (Å²) in [4.78, 5) is 0. The molecule has 0 spiro atoms. The highest BCUT2D eigenvalue weighted by molar-refractivity contribution is 9.10. The van der Waals surface area contributed by atoms with Crippen LogP contribution in [0.1, 0.15) is 12.5 Å². The fraction of sp³-hybridized carbons (Fsp3) is 0.455. The van der Waals surface area contributed by atoms with Gasteiger partial charge in [-0.05, 0) is 23.3 Å². The quantitative estimate of drug-likeness (QED) is 0.848. The van der Waals surface area contributed by atoms with Crippen LogP contribution in [0, 0.1) is 5.92 Å². The van der Waals surface area contributed by atoms with Gasteiger partial charge >= 0.3 is 0 Å². The molecule has 0 unspecified atom stereocenters. The van der Waals surface area contributed by atoms with Crippen molar-refractivity contribution in [2.24, 2.45) is 5.92 Å². The third-order valence-electron chi connectivity index (χ3n) is 2.85. The molecule has 1 N–H and O–H groups in total. The van der Waals surface area contributed by atoms with Crippen molar-refractivity contribution in [3.8, 4) is 0 Å². The molecule has 3 heteroatoms. The Balaban J connectivity index is 2.43. The number of hydrogen-bond acceptors (Lipinski definition) is 2. The minimum absolute atomic E-state index is 0.325. The smallest absolute Gasteiger partial charge is 0.103 e. The van der Waals surface area contributed by atoms with E-state index in [1.165, 1.54) is 0 Å². The van der Waals surface area contributed by atoms with Gasteiger partial charge in [0.05, 0.1) is 0 Å². The maximum atomic E-state index is 10.6. The Bertz CT molecular complexity index is 342. The summed E-state index contributed by atoms with van der Waals surface area (Å²) in [5.74, 6) is 2.17. The number of hydrogen-bond donors (Lipinski definition) is 1.